The molecule has 2 aliphatic rings. The summed E-state index contributed by atoms with van der Waals surface area (Å²) in [5.41, 5.74) is 1.67. The summed E-state index contributed by atoms with van der Waals surface area (Å²) in [7, 11) is 0. The van der Waals surface area contributed by atoms with Crippen LogP contribution in [0.5, 0.6) is 0 Å². The Labute approximate surface area is 126 Å². The fourth-order valence-electron chi connectivity index (χ4n) is 3.38. The van der Waals surface area contributed by atoms with Gasteiger partial charge in [0.1, 0.15) is 5.82 Å². The molecule has 1 saturated carbocycles. The van der Waals surface area contributed by atoms with Gasteiger partial charge in [-0.1, -0.05) is 38.8 Å². The van der Waals surface area contributed by atoms with Gasteiger partial charge in [0.15, 0.2) is 6.29 Å². The van der Waals surface area contributed by atoms with E-state index in [1.807, 2.05) is 12.1 Å². The van der Waals surface area contributed by atoms with Gasteiger partial charge in [0.25, 0.3) is 0 Å². The molecular weight excluding hydrogens is 267 g/mol. The van der Waals surface area contributed by atoms with E-state index in [0.29, 0.717) is 25.0 Å². The van der Waals surface area contributed by atoms with Gasteiger partial charge in [-0.15, -0.1) is 0 Å². The molecule has 0 N–H and O–H groups in total. The molecule has 1 aliphatic heterocycles. The minimum absolute atomic E-state index is 0.0992. The van der Waals surface area contributed by atoms with E-state index in [4.69, 9.17) is 9.47 Å². The predicted octanol–water partition coefficient (Wildman–Crippen LogP) is 4.80. The summed E-state index contributed by atoms with van der Waals surface area (Å²) >= 11 is 0. The highest BCUT2D eigenvalue weighted by molar-refractivity contribution is 5.28. The second-order valence-electron chi connectivity index (χ2n) is 6.84. The van der Waals surface area contributed by atoms with Gasteiger partial charge in [-0.3, -0.25) is 0 Å². The van der Waals surface area contributed by atoms with E-state index < -0.39 is 6.29 Å². The van der Waals surface area contributed by atoms with Crippen molar-refractivity contribution in [3.8, 4) is 0 Å². The number of halogens is 1. The van der Waals surface area contributed by atoms with E-state index in [9.17, 15) is 4.39 Å². The first kappa shape index (κ1) is 15.0. The summed E-state index contributed by atoms with van der Waals surface area (Å²) in [6.07, 6.45) is 4.21. The SMILES string of the molecule is CC1CCC(c2ccc(C3OCC(C)CO3)cc2F)CC1. The molecule has 0 atom stereocenters. The largest absolute Gasteiger partial charge is 0.348 e. The minimum Gasteiger partial charge on any atom is -0.348 e. The fraction of sp³-hybridized carbons (Fsp3) is 0.667. The normalized spacial score (nSPS) is 33.9. The first-order chi connectivity index (χ1) is 10.1. The van der Waals surface area contributed by atoms with Crippen LogP contribution >= 0.6 is 0 Å². The van der Waals surface area contributed by atoms with Crippen LogP contribution in [-0.2, 0) is 9.47 Å². The van der Waals surface area contributed by atoms with Crippen LogP contribution in [0.4, 0.5) is 4.39 Å². The zero-order valence-corrected chi connectivity index (χ0v) is 13.0. The molecule has 21 heavy (non-hydrogen) atoms. The third-order valence-corrected chi connectivity index (χ3v) is 4.82. The van der Waals surface area contributed by atoms with E-state index in [1.54, 1.807) is 6.07 Å². The van der Waals surface area contributed by atoms with Crippen molar-refractivity contribution in [1.82, 2.24) is 0 Å². The number of hydrogen-bond acceptors (Lipinski definition) is 2. The van der Waals surface area contributed by atoms with Gasteiger partial charge < -0.3 is 9.47 Å². The Morgan fingerprint density at radius 3 is 2.24 bits per heavy atom. The molecule has 0 aromatic heterocycles. The summed E-state index contributed by atoms with van der Waals surface area (Å²) < 4.78 is 25.7. The highest BCUT2D eigenvalue weighted by Gasteiger charge is 2.25. The van der Waals surface area contributed by atoms with E-state index in [2.05, 4.69) is 13.8 Å². The van der Waals surface area contributed by atoms with Crippen molar-refractivity contribution in [1.29, 1.82) is 0 Å². The topological polar surface area (TPSA) is 18.5 Å². The van der Waals surface area contributed by atoms with Crippen LogP contribution in [0.2, 0.25) is 0 Å². The third-order valence-electron chi connectivity index (χ3n) is 4.82. The summed E-state index contributed by atoms with van der Waals surface area (Å²) in [4.78, 5) is 0. The Morgan fingerprint density at radius 1 is 0.952 bits per heavy atom. The van der Waals surface area contributed by atoms with Crippen LogP contribution < -0.4 is 0 Å². The maximum atomic E-state index is 14.5. The predicted molar refractivity (Wildman–Crippen MR) is 80.6 cm³/mol. The number of benzene rings is 1. The average Bonchev–Trinajstić information content (AvgIpc) is 2.49. The smallest absolute Gasteiger partial charge is 0.183 e. The molecule has 0 radical (unpaired) electrons. The molecule has 1 saturated heterocycles. The molecule has 0 unspecified atom stereocenters. The summed E-state index contributed by atoms with van der Waals surface area (Å²) in [5.74, 6) is 1.48. The van der Waals surface area contributed by atoms with E-state index >= 15 is 0 Å². The van der Waals surface area contributed by atoms with Crippen LogP contribution in [0.3, 0.4) is 0 Å². The Kier molecular flexibility index (Phi) is 4.60. The fourth-order valence-corrected chi connectivity index (χ4v) is 3.38. The number of ether oxygens (including phenoxy) is 2. The second kappa shape index (κ2) is 6.45. The lowest BCUT2D eigenvalue weighted by Crippen LogP contribution is -2.25. The van der Waals surface area contributed by atoms with Crippen molar-refractivity contribution >= 4 is 0 Å². The van der Waals surface area contributed by atoms with Crippen LogP contribution in [0, 0.1) is 17.7 Å². The summed E-state index contributed by atoms with van der Waals surface area (Å²) in [5, 5.41) is 0. The van der Waals surface area contributed by atoms with Gasteiger partial charge >= 0.3 is 0 Å². The quantitative estimate of drug-likeness (QED) is 0.779. The minimum atomic E-state index is -0.406. The molecule has 2 fully saturated rings. The molecular formula is C18H25FO2. The van der Waals surface area contributed by atoms with E-state index in [-0.39, 0.29) is 5.82 Å². The standard InChI is InChI=1S/C18H25FO2/c1-12-3-5-14(6-4-12)16-8-7-15(9-17(16)19)18-20-10-13(2)11-21-18/h7-9,12-14,18H,3-6,10-11H2,1-2H3. The molecule has 1 aromatic carbocycles. The number of rotatable bonds is 2. The highest BCUT2D eigenvalue weighted by atomic mass is 19.1. The molecule has 0 spiro atoms. The van der Waals surface area contributed by atoms with Crippen LogP contribution in [0.1, 0.15) is 62.9 Å². The lowest BCUT2D eigenvalue weighted by Gasteiger charge is -2.29. The zero-order valence-electron chi connectivity index (χ0n) is 13.0. The van der Waals surface area contributed by atoms with E-state index in [1.165, 1.54) is 12.8 Å². The Bertz CT molecular complexity index is 472. The molecule has 2 nitrogen and oxygen atoms in total. The van der Waals surface area contributed by atoms with E-state index in [0.717, 1.165) is 29.9 Å². The summed E-state index contributed by atoms with van der Waals surface area (Å²) in [6.45, 7) is 5.72. The molecule has 1 aromatic rings. The molecule has 116 valence electrons. The number of hydrogen-bond donors (Lipinski definition) is 0. The van der Waals surface area contributed by atoms with Gasteiger partial charge in [-0.05, 0) is 36.3 Å². The van der Waals surface area contributed by atoms with Gasteiger partial charge in [0.2, 0.25) is 0 Å². The maximum absolute atomic E-state index is 14.5. The molecule has 0 bridgehead atoms. The maximum Gasteiger partial charge on any atom is 0.183 e. The molecule has 3 rings (SSSR count). The first-order valence-electron chi connectivity index (χ1n) is 8.16. The molecule has 1 aliphatic carbocycles. The summed E-state index contributed by atoms with van der Waals surface area (Å²) in [6, 6.07) is 5.52. The zero-order chi connectivity index (χ0) is 14.8. The Hall–Kier alpha value is -0.930. The van der Waals surface area contributed by atoms with Crippen LogP contribution in [0.25, 0.3) is 0 Å². The van der Waals surface area contributed by atoms with Crippen molar-refractivity contribution in [3.05, 3.63) is 35.1 Å². The van der Waals surface area contributed by atoms with Crippen LogP contribution in [-0.4, -0.2) is 13.2 Å². The third kappa shape index (κ3) is 3.46. The van der Waals surface area contributed by atoms with Crippen molar-refractivity contribution in [2.24, 2.45) is 11.8 Å². The van der Waals surface area contributed by atoms with Gasteiger partial charge in [-0.2, -0.15) is 0 Å². The lowest BCUT2D eigenvalue weighted by atomic mass is 9.79. The van der Waals surface area contributed by atoms with Gasteiger partial charge in [0.05, 0.1) is 13.2 Å². The highest BCUT2D eigenvalue weighted by Crippen LogP contribution is 2.37. The first-order valence-corrected chi connectivity index (χ1v) is 8.16. The van der Waals surface area contributed by atoms with Gasteiger partial charge in [-0.25, -0.2) is 4.39 Å². The van der Waals surface area contributed by atoms with Crippen molar-refractivity contribution in [3.63, 3.8) is 0 Å². The monoisotopic (exact) mass is 292 g/mol. The Morgan fingerprint density at radius 2 is 1.62 bits per heavy atom. The Balaban J connectivity index is 1.71. The lowest BCUT2D eigenvalue weighted by molar-refractivity contribution is -0.202. The second-order valence-corrected chi connectivity index (χ2v) is 6.84. The van der Waals surface area contributed by atoms with Gasteiger partial charge in [0, 0.05) is 11.5 Å². The van der Waals surface area contributed by atoms with Crippen molar-refractivity contribution in [2.75, 3.05) is 13.2 Å². The van der Waals surface area contributed by atoms with Crippen molar-refractivity contribution in [2.45, 2.75) is 51.7 Å². The van der Waals surface area contributed by atoms with Crippen molar-refractivity contribution < 1.29 is 13.9 Å². The molecule has 3 heteroatoms. The van der Waals surface area contributed by atoms with Crippen LogP contribution in [0.15, 0.2) is 18.2 Å². The average molecular weight is 292 g/mol. The molecule has 1 heterocycles. The molecule has 0 amide bonds.